The lowest BCUT2D eigenvalue weighted by atomic mass is 10.0. The SMILES string of the molecule is CC(C)Oc1ccc([C@@H](CC(=O)[O-])NC(=O)c2ccc(Cl)cc2)cc1. The maximum absolute atomic E-state index is 12.3. The molecule has 132 valence electrons. The molecule has 6 heteroatoms. The highest BCUT2D eigenvalue weighted by atomic mass is 35.5. The summed E-state index contributed by atoms with van der Waals surface area (Å²) in [5.74, 6) is -0.954. The summed E-state index contributed by atoms with van der Waals surface area (Å²) in [5, 5.41) is 14.3. The number of nitrogens with one attached hydrogen (secondary N) is 1. The molecule has 0 unspecified atom stereocenters. The summed E-state index contributed by atoms with van der Waals surface area (Å²) in [6.45, 7) is 3.83. The van der Waals surface area contributed by atoms with Gasteiger partial charge >= 0.3 is 0 Å². The topological polar surface area (TPSA) is 78.5 Å². The Morgan fingerprint density at radius 3 is 2.20 bits per heavy atom. The minimum Gasteiger partial charge on any atom is -0.550 e. The number of aliphatic carboxylic acids is 1. The van der Waals surface area contributed by atoms with Gasteiger partial charge in [-0.1, -0.05) is 23.7 Å². The van der Waals surface area contributed by atoms with Crippen LogP contribution in [0.2, 0.25) is 5.02 Å². The number of carboxylic acid groups (broad SMARTS) is 1. The quantitative estimate of drug-likeness (QED) is 0.823. The third-order valence-corrected chi connectivity index (χ3v) is 3.69. The zero-order valence-electron chi connectivity index (χ0n) is 14.0. The fourth-order valence-electron chi connectivity index (χ4n) is 2.31. The summed E-state index contributed by atoms with van der Waals surface area (Å²) in [5.41, 5.74) is 1.05. The monoisotopic (exact) mass is 360 g/mol. The van der Waals surface area contributed by atoms with Gasteiger partial charge in [0, 0.05) is 23.0 Å². The Labute approximate surface area is 151 Å². The summed E-state index contributed by atoms with van der Waals surface area (Å²) in [6, 6.07) is 12.6. The zero-order chi connectivity index (χ0) is 18.4. The molecule has 0 fully saturated rings. The Kier molecular flexibility index (Phi) is 6.42. The number of ether oxygens (including phenoxy) is 1. The van der Waals surface area contributed by atoms with Crippen LogP contribution in [0, 0.1) is 0 Å². The van der Waals surface area contributed by atoms with Crippen molar-refractivity contribution < 1.29 is 19.4 Å². The molecule has 0 saturated carbocycles. The van der Waals surface area contributed by atoms with Crippen LogP contribution < -0.4 is 15.2 Å². The Balaban J connectivity index is 2.16. The molecular weight excluding hydrogens is 342 g/mol. The minimum atomic E-state index is -1.25. The van der Waals surface area contributed by atoms with E-state index in [1.165, 1.54) is 0 Å². The van der Waals surface area contributed by atoms with Crippen LogP contribution in [0.5, 0.6) is 5.75 Å². The molecule has 1 amide bonds. The number of carboxylic acids is 1. The van der Waals surface area contributed by atoms with E-state index in [-0.39, 0.29) is 18.4 Å². The van der Waals surface area contributed by atoms with Crippen molar-refractivity contribution in [2.45, 2.75) is 32.4 Å². The summed E-state index contributed by atoms with van der Waals surface area (Å²) in [4.78, 5) is 23.4. The highest BCUT2D eigenvalue weighted by Crippen LogP contribution is 2.22. The summed E-state index contributed by atoms with van der Waals surface area (Å²) >= 11 is 5.81. The molecule has 0 saturated heterocycles. The van der Waals surface area contributed by atoms with E-state index < -0.39 is 12.0 Å². The molecule has 2 aromatic rings. The van der Waals surface area contributed by atoms with Crippen LogP contribution in [-0.2, 0) is 4.79 Å². The predicted octanol–water partition coefficient (Wildman–Crippen LogP) is 2.74. The minimum absolute atomic E-state index is 0.0365. The smallest absolute Gasteiger partial charge is 0.251 e. The number of carbonyl (C=O) groups is 2. The van der Waals surface area contributed by atoms with Gasteiger partial charge in [-0.15, -0.1) is 0 Å². The number of amides is 1. The van der Waals surface area contributed by atoms with Gasteiger partial charge in [0.15, 0.2) is 0 Å². The van der Waals surface area contributed by atoms with E-state index in [9.17, 15) is 14.7 Å². The average molecular weight is 361 g/mol. The van der Waals surface area contributed by atoms with Gasteiger partial charge in [-0.2, -0.15) is 0 Å². The fourth-order valence-corrected chi connectivity index (χ4v) is 2.44. The first kappa shape index (κ1) is 18.8. The predicted molar refractivity (Wildman–Crippen MR) is 93.5 cm³/mol. The second-order valence-corrected chi connectivity index (χ2v) is 6.28. The molecular formula is C19H19ClNO4-. The maximum atomic E-state index is 12.3. The van der Waals surface area contributed by atoms with Crippen molar-refractivity contribution in [1.82, 2.24) is 5.32 Å². The van der Waals surface area contributed by atoms with Gasteiger partial charge in [-0.25, -0.2) is 0 Å². The molecule has 0 aliphatic rings. The van der Waals surface area contributed by atoms with Gasteiger partial charge in [0.25, 0.3) is 5.91 Å². The largest absolute Gasteiger partial charge is 0.550 e. The van der Waals surface area contributed by atoms with Gasteiger partial charge in [-0.3, -0.25) is 4.79 Å². The lowest BCUT2D eigenvalue weighted by Gasteiger charge is -2.20. The van der Waals surface area contributed by atoms with Crippen molar-refractivity contribution >= 4 is 23.5 Å². The normalized spacial score (nSPS) is 11.8. The van der Waals surface area contributed by atoms with Gasteiger partial charge in [-0.05, 0) is 55.8 Å². The third kappa shape index (κ3) is 5.80. The number of benzene rings is 2. The van der Waals surface area contributed by atoms with Crippen LogP contribution >= 0.6 is 11.6 Å². The second kappa shape index (κ2) is 8.53. The highest BCUT2D eigenvalue weighted by molar-refractivity contribution is 6.30. The molecule has 0 spiro atoms. The van der Waals surface area contributed by atoms with Crippen molar-refractivity contribution in [3.63, 3.8) is 0 Å². The van der Waals surface area contributed by atoms with Crippen molar-refractivity contribution in [2.75, 3.05) is 0 Å². The Bertz CT molecular complexity index is 726. The summed E-state index contributed by atoms with van der Waals surface area (Å²) in [7, 11) is 0. The molecule has 1 N–H and O–H groups in total. The molecule has 5 nitrogen and oxygen atoms in total. The Morgan fingerprint density at radius 2 is 1.68 bits per heavy atom. The van der Waals surface area contributed by atoms with E-state index in [4.69, 9.17) is 16.3 Å². The van der Waals surface area contributed by atoms with E-state index in [0.717, 1.165) is 0 Å². The maximum Gasteiger partial charge on any atom is 0.251 e. The summed E-state index contributed by atoms with van der Waals surface area (Å²) in [6.07, 6.45) is -0.293. The summed E-state index contributed by atoms with van der Waals surface area (Å²) < 4.78 is 5.56. The van der Waals surface area contributed by atoms with Crippen LogP contribution in [-0.4, -0.2) is 18.0 Å². The molecule has 0 aromatic heterocycles. The van der Waals surface area contributed by atoms with E-state index in [1.54, 1.807) is 48.5 Å². The lowest BCUT2D eigenvalue weighted by molar-refractivity contribution is -0.306. The van der Waals surface area contributed by atoms with Gasteiger partial charge in [0.2, 0.25) is 0 Å². The van der Waals surface area contributed by atoms with Crippen LogP contribution in [0.15, 0.2) is 48.5 Å². The molecule has 2 aromatic carbocycles. The second-order valence-electron chi connectivity index (χ2n) is 5.84. The van der Waals surface area contributed by atoms with E-state index in [0.29, 0.717) is 21.9 Å². The highest BCUT2D eigenvalue weighted by Gasteiger charge is 2.16. The van der Waals surface area contributed by atoms with E-state index >= 15 is 0 Å². The standard InChI is InChI=1S/C19H20ClNO4/c1-12(2)25-16-9-5-13(6-10-16)17(11-18(22)23)21-19(24)14-3-7-15(20)8-4-14/h3-10,12,17H,11H2,1-2H3,(H,21,24)(H,22,23)/p-1/t17-/m1/s1. The number of hydrogen-bond acceptors (Lipinski definition) is 4. The van der Waals surface area contributed by atoms with Crippen LogP contribution in [0.25, 0.3) is 0 Å². The van der Waals surface area contributed by atoms with Crippen molar-refractivity contribution in [2.24, 2.45) is 0 Å². The first-order valence-electron chi connectivity index (χ1n) is 7.88. The number of carbonyl (C=O) groups excluding carboxylic acids is 2. The molecule has 1 atom stereocenters. The van der Waals surface area contributed by atoms with Crippen molar-refractivity contribution in [3.05, 3.63) is 64.7 Å². The van der Waals surface area contributed by atoms with Gasteiger partial charge in [0.1, 0.15) is 5.75 Å². The number of hydrogen-bond donors (Lipinski definition) is 1. The molecule has 0 heterocycles. The molecule has 0 radical (unpaired) electrons. The number of halogens is 1. The average Bonchev–Trinajstić information content (AvgIpc) is 2.54. The first-order valence-corrected chi connectivity index (χ1v) is 8.26. The van der Waals surface area contributed by atoms with Crippen molar-refractivity contribution in [3.8, 4) is 5.75 Å². The van der Waals surface area contributed by atoms with Crippen LogP contribution in [0.1, 0.15) is 42.2 Å². The van der Waals surface area contributed by atoms with E-state index in [2.05, 4.69) is 5.32 Å². The first-order chi connectivity index (χ1) is 11.8. The molecule has 25 heavy (non-hydrogen) atoms. The van der Waals surface area contributed by atoms with Gasteiger partial charge in [0.05, 0.1) is 12.1 Å². The molecule has 2 rings (SSSR count). The lowest BCUT2D eigenvalue weighted by Crippen LogP contribution is -2.34. The van der Waals surface area contributed by atoms with Crippen LogP contribution in [0.3, 0.4) is 0 Å². The molecule has 0 aliphatic heterocycles. The van der Waals surface area contributed by atoms with Crippen LogP contribution in [0.4, 0.5) is 0 Å². The van der Waals surface area contributed by atoms with Crippen molar-refractivity contribution in [1.29, 1.82) is 0 Å². The van der Waals surface area contributed by atoms with E-state index in [1.807, 2.05) is 13.8 Å². The zero-order valence-corrected chi connectivity index (χ0v) is 14.7. The molecule has 0 aliphatic carbocycles. The number of rotatable bonds is 7. The Morgan fingerprint density at radius 1 is 1.08 bits per heavy atom. The molecule has 0 bridgehead atoms. The Hall–Kier alpha value is -2.53. The third-order valence-electron chi connectivity index (χ3n) is 3.44. The van der Waals surface area contributed by atoms with Gasteiger partial charge < -0.3 is 20.0 Å². The fraction of sp³-hybridized carbons (Fsp3) is 0.263.